The molecule has 18 heavy (non-hydrogen) atoms. The highest BCUT2D eigenvalue weighted by molar-refractivity contribution is 9.10. The molecule has 1 N–H and O–H groups in total. The summed E-state index contributed by atoms with van der Waals surface area (Å²) in [5.74, 6) is -0.439. The number of anilines is 1. The molecule has 1 aliphatic carbocycles. The molecule has 1 aromatic carbocycles. The summed E-state index contributed by atoms with van der Waals surface area (Å²) >= 11 is 3.09. The fourth-order valence-electron chi connectivity index (χ4n) is 2.64. The van der Waals surface area contributed by atoms with E-state index in [1.165, 1.54) is 6.07 Å². The van der Waals surface area contributed by atoms with E-state index in [-0.39, 0.29) is 28.5 Å². The van der Waals surface area contributed by atoms with E-state index in [1.54, 1.807) is 12.1 Å². The van der Waals surface area contributed by atoms with Crippen LogP contribution in [0.5, 0.6) is 0 Å². The van der Waals surface area contributed by atoms with Crippen LogP contribution in [0.2, 0.25) is 0 Å². The van der Waals surface area contributed by atoms with Gasteiger partial charge in [-0.2, -0.15) is 0 Å². The molecule has 1 saturated carbocycles. The minimum atomic E-state index is -0.373. The van der Waals surface area contributed by atoms with Crippen molar-refractivity contribution < 1.29 is 9.18 Å². The smallest absolute Gasteiger partial charge is 0.228 e. The molecule has 1 fully saturated rings. The van der Waals surface area contributed by atoms with Crippen LogP contribution in [-0.4, -0.2) is 5.91 Å². The topological polar surface area (TPSA) is 29.1 Å². The minimum Gasteiger partial charge on any atom is -0.326 e. The van der Waals surface area contributed by atoms with E-state index in [2.05, 4.69) is 48.9 Å². The molecule has 2 rings (SSSR count). The van der Waals surface area contributed by atoms with E-state index in [0.717, 1.165) is 0 Å². The van der Waals surface area contributed by atoms with Crippen LogP contribution in [0.3, 0.4) is 0 Å². The summed E-state index contributed by atoms with van der Waals surface area (Å²) in [5.41, 5.74) is 0.481. The number of rotatable bonds is 2. The first kappa shape index (κ1) is 13.5. The van der Waals surface area contributed by atoms with Gasteiger partial charge in [-0.25, -0.2) is 4.39 Å². The second-order valence-corrected chi connectivity index (χ2v) is 6.85. The third kappa shape index (κ3) is 1.96. The normalized spacial score (nSPS) is 20.6. The molecular weight excluding hydrogens is 297 g/mol. The van der Waals surface area contributed by atoms with Gasteiger partial charge in [0, 0.05) is 11.6 Å². The summed E-state index contributed by atoms with van der Waals surface area (Å²) in [6, 6.07) is 4.60. The maximum Gasteiger partial charge on any atom is 0.228 e. The Balaban J connectivity index is 2.12. The molecule has 1 aliphatic rings. The first-order valence-electron chi connectivity index (χ1n) is 5.94. The van der Waals surface area contributed by atoms with E-state index in [4.69, 9.17) is 0 Å². The minimum absolute atomic E-state index is 0.00894. The van der Waals surface area contributed by atoms with Crippen molar-refractivity contribution in [3.05, 3.63) is 28.5 Å². The molecular formula is C14H17BrFNO. The Hall–Kier alpha value is -0.900. The van der Waals surface area contributed by atoms with Gasteiger partial charge in [0.15, 0.2) is 0 Å². The standard InChI is InChI=1S/C14H17BrFNO/c1-13(2)11(14(13,3)4)12(18)17-8-5-6-9(15)10(16)7-8/h5-7,11H,1-4H3,(H,17,18). The number of hydrogen-bond acceptors (Lipinski definition) is 1. The Morgan fingerprint density at radius 1 is 1.28 bits per heavy atom. The Kier molecular flexibility index (Phi) is 3.05. The van der Waals surface area contributed by atoms with Gasteiger partial charge in [0.05, 0.1) is 4.47 Å². The van der Waals surface area contributed by atoms with Gasteiger partial charge in [0.25, 0.3) is 0 Å². The molecule has 1 amide bonds. The highest BCUT2D eigenvalue weighted by Gasteiger charge is 2.68. The number of carbonyl (C=O) groups excluding carboxylic acids is 1. The van der Waals surface area contributed by atoms with Gasteiger partial charge < -0.3 is 5.32 Å². The van der Waals surface area contributed by atoms with Crippen LogP contribution in [-0.2, 0) is 4.79 Å². The van der Waals surface area contributed by atoms with Crippen LogP contribution < -0.4 is 5.32 Å². The molecule has 0 spiro atoms. The molecule has 0 radical (unpaired) electrons. The van der Waals surface area contributed by atoms with Crippen molar-refractivity contribution in [2.24, 2.45) is 16.7 Å². The van der Waals surface area contributed by atoms with Crippen molar-refractivity contribution in [1.29, 1.82) is 0 Å². The molecule has 0 aromatic heterocycles. The Labute approximate surface area is 115 Å². The number of nitrogens with one attached hydrogen (secondary N) is 1. The van der Waals surface area contributed by atoms with Crippen molar-refractivity contribution in [3.63, 3.8) is 0 Å². The quantitative estimate of drug-likeness (QED) is 0.870. The fraction of sp³-hybridized carbons (Fsp3) is 0.500. The Bertz CT molecular complexity index is 497. The number of halogens is 2. The SMILES string of the molecule is CC1(C)C(C(=O)Nc2ccc(Br)c(F)c2)C1(C)C. The largest absolute Gasteiger partial charge is 0.326 e. The monoisotopic (exact) mass is 313 g/mol. The molecule has 98 valence electrons. The molecule has 0 aliphatic heterocycles. The molecule has 0 saturated heterocycles. The lowest BCUT2D eigenvalue weighted by atomic mass is 10.0. The first-order valence-corrected chi connectivity index (χ1v) is 6.73. The second-order valence-electron chi connectivity index (χ2n) is 5.99. The maximum atomic E-state index is 13.4. The van der Waals surface area contributed by atoms with E-state index in [0.29, 0.717) is 10.2 Å². The van der Waals surface area contributed by atoms with Crippen LogP contribution in [0.1, 0.15) is 27.7 Å². The number of carbonyl (C=O) groups is 1. The summed E-state index contributed by atoms with van der Waals surface area (Å²) in [6.07, 6.45) is 0. The zero-order chi connectivity index (χ0) is 13.7. The van der Waals surface area contributed by atoms with E-state index < -0.39 is 0 Å². The van der Waals surface area contributed by atoms with Crippen molar-refractivity contribution in [1.82, 2.24) is 0 Å². The molecule has 2 nitrogen and oxygen atoms in total. The summed E-state index contributed by atoms with van der Waals surface area (Å²) in [5, 5.41) is 2.78. The fourth-order valence-corrected chi connectivity index (χ4v) is 2.89. The Morgan fingerprint density at radius 3 is 2.28 bits per heavy atom. The highest BCUT2D eigenvalue weighted by Crippen LogP contribution is 2.68. The van der Waals surface area contributed by atoms with Crippen LogP contribution >= 0.6 is 15.9 Å². The Morgan fingerprint density at radius 2 is 1.83 bits per heavy atom. The maximum absolute atomic E-state index is 13.4. The predicted molar refractivity (Wildman–Crippen MR) is 73.8 cm³/mol. The van der Waals surface area contributed by atoms with Crippen LogP contribution in [0.15, 0.2) is 22.7 Å². The second kappa shape index (κ2) is 4.05. The van der Waals surface area contributed by atoms with Crippen LogP contribution in [0.4, 0.5) is 10.1 Å². The molecule has 4 heteroatoms. The average Bonchev–Trinajstić information content (AvgIpc) is 2.63. The van der Waals surface area contributed by atoms with Gasteiger partial charge in [-0.05, 0) is 45.0 Å². The average molecular weight is 314 g/mol. The summed E-state index contributed by atoms with van der Waals surface area (Å²) in [6.45, 7) is 8.33. The van der Waals surface area contributed by atoms with Crippen LogP contribution in [0, 0.1) is 22.6 Å². The molecule has 0 bridgehead atoms. The highest BCUT2D eigenvalue weighted by atomic mass is 79.9. The van der Waals surface area contributed by atoms with Crippen molar-refractivity contribution >= 4 is 27.5 Å². The van der Waals surface area contributed by atoms with Gasteiger partial charge in [-0.15, -0.1) is 0 Å². The van der Waals surface area contributed by atoms with E-state index in [9.17, 15) is 9.18 Å². The third-order valence-corrected chi connectivity index (χ3v) is 5.11. The van der Waals surface area contributed by atoms with Gasteiger partial charge in [-0.3, -0.25) is 4.79 Å². The van der Waals surface area contributed by atoms with Gasteiger partial charge in [0.1, 0.15) is 5.82 Å². The summed E-state index contributed by atoms with van der Waals surface area (Å²) in [7, 11) is 0. The van der Waals surface area contributed by atoms with E-state index >= 15 is 0 Å². The van der Waals surface area contributed by atoms with Gasteiger partial charge >= 0.3 is 0 Å². The predicted octanol–water partition coefficient (Wildman–Crippen LogP) is 4.21. The number of hydrogen-bond donors (Lipinski definition) is 1. The molecule has 1 aromatic rings. The molecule has 0 unspecified atom stereocenters. The van der Waals surface area contributed by atoms with Crippen molar-refractivity contribution in [2.45, 2.75) is 27.7 Å². The van der Waals surface area contributed by atoms with Gasteiger partial charge in [0.2, 0.25) is 5.91 Å². The summed E-state index contributed by atoms with van der Waals surface area (Å²) < 4.78 is 13.7. The zero-order valence-corrected chi connectivity index (χ0v) is 12.6. The molecule has 0 atom stereocenters. The number of benzene rings is 1. The zero-order valence-electron chi connectivity index (χ0n) is 11.0. The lowest BCUT2D eigenvalue weighted by molar-refractivity contribution is -0.118. The van der Waals surface area contributed by atoms with Crippen molar-refractivity contribution in [3.8, 4) is 0 Å². The van der Waals surface area contributed by atoms with Gasteiger partial charge in [-0.1, -0.05) is 27.7 Å². The third-order valence-electron chi connectivity index (χ3n) is 4.47. The molecule has 0 heterocycles. The summed E-state index contributed by atoms with van der Waals surface area (Å²) in [4.78, 5) is 12.2. The number of amides is 1. The van der Waals surface area contributed by atoms with E-state index in [1.807, 2.05) is 0 Å². The van der Waals surface area contributed by atoms with Crippen molar-refractivity contribution in [2.75, 3.05) is 5.32 Å². The first-order chi connectivity index (χ1) is 8.18. The van der Waals surface area contributed by atoms with Crippen LogP contribution in [0.25, 0.3) is 0 Å². The lowest BCUT2D eigenvalue weighted by Crippen LogP contribution is -2.17. The lowest BCUT2D eigenvalue weighted by Gasteiger charge is -2.07.